The first-order valence-electron chi connectivity index (χ1n) is 10.1. The van der Waals surface area contributed by atoms with Crippen molar-refractivity contribution in [2.45, 2.75) is 37.9 Å². The zero-order valence-electron chi connectivity index (χ0n) is 16.3. The Balaban J connectivity index is 1.46. The first-order chi connectivity index (χ1) is 14.7. The van der Waals surface area contributed by atoms with Crippen molar-refractivity contribution in [3.8, 4) is 5.75 Å². The van der Waals surface area contributed by atoms with Crippen LogP contribution in [-0.2, 0) is 0 Å². The van der Waals surface area contributed by atoms with Gasteiger partial charge in [0.25, 0.3) is 0 Å². The van der Waals surface area contributed by atoms with E-state index in [1.54, 1.807) is 18.5 Å². The molecule has 0 bridgehead atoms. The van der Waals surface area contributed by atoms with Crippen LogP contribution in [0, 0.1) is 5.82 Å². The van der Waals surface area contributed by atoms with E-state index in [4.69, 9.17) is 4.74 Å². The van der Waals surface area contributed by atoms with Crippen LogP contribution in [0.15, 0.2) is 54.9 Å². The summed E-state index contributed by atoms with van der Waals surface area (Å²) < 4.78 is 19.7. The molecule has 0 amide bonds. The molecule has 2 aromatic heterocycles. The highest BCUT2D eigenvalue weighted by molar-refractivity contribution is 5.93. The van der Waals surface area contributed by atoms with Gasteiger partial charge in [0.1, 0.15) is 17.1 Å². The number of fused-ring (bicyclic) bond motifs is 2. The number of aromatic nitrogens is 3. The summed E-state index contributed by atoms with van der Waals surface area (Å²) in [5.74, 6) is 0.807. The van der Waals surface area contributed by atoms with Crippen LogP contribution >= 0.6 is 0 Å². The molecular weight excluding hydrogens is 383 g/mol. The molecule has 5 rings (SSSR count). The van der Waals surface area contributed by atoms with E-state index >= 15 is 0 Å². The molecule has 7 heteroatoms. The average Bonchev–Trinajstić information content (AvgIpc) is 2.76. The number of nitrogens with one attached hydrogen (secondary N) is 1. The fourth-order valence-electron chi connectivity index (χ4n) is 3.88. The van der Waals surface area contributed by atoms with Gasteiger partial charge in [0, 0.05) is 29.2 Å². The fourth-order valence-corrected chi connectivity index (χ4v) is 3.88. The second-order valence-corrected chi connectivity index (χ2v) is 7.58. The fraction of sp³-hybridized carbons (Fsp3) is 0.261. The molecule has 0 unspecified atom stereocenters. The molecule has 1 fully saturated rings. The monoisotopic (exact) mass is 404 g/mol. The molecular formula is C23H21FN4O2. The maximum Gasteiger partial charge on any atom is 0.227 e. The summed E-state index contributed by atoms with van der Waals surface area (Å²) >= 11 is 0. The summed E-state index contributed by atoms with van der Waals surface area (Å²) in [4.78, 5) is 13.3. The Morgan fingerprint density at radius 1 is 1.03 bits per heavy atom. The average molecular weight is 404 g/mol. The van der Waals surface area contributed by atoms with Gasteiger partial charge in [0.2, 0.25) is 5.95 Å². The van der Waals surface area contributed by atoms with Crippen molar-refractivity contribution in [3.63, 3.8) is 0 Å². The summed E-state index contributed by atoms with van der Waals surface area (Å²) in [6.07, 6.45) is 6.40. The molecule has 0 radical (unpaired) electrons. The minimum absolute atomic E-state index is 0.0735. The molecule has 1 saturated carbocycles. The number of nitrogens with zero attached hydrogens (tertiary/aromatic N) is 3. The van der Waals surface area contributed by atoms with Crippen LogP contribution in [0.4, 0.5) is 16.0 Å². The van der Waals surface area contributed by atoms with Gasteiger partial charge in [-0.15, -0.1) is 0 Å². The summed E-state index contributed by atoms with van der Waals surface area (Å²) in [5, 5.41) is 14.6. The third-order valence-electron chi connectivity index (χ3n) is 5.46. The lowest BCUT2D eigenvalue weighted by Crippen LogP contribution is -2.26. The molecule has 152 valence electrons. The standard InChI is InChI=1S/C23H21FN4O2/c24-15-4-9-18-19(10-11-25-20(18)12-15)27-23-26-13-14-2-1-3-21(22(14)28-23)30-17-7-5-16(29)6-8-17/h1-4,9-13,16-17,29H,5-8H2,(H,25,26,27,28)/t16-,17+. The van der Waals surface area contributed by atoms with Crippen molar-refractivity contribution in [2.75, 3.05) is 5.32 Å². The summed E-state index contributed by atoms with van der Waals surface area (Å²) in [7, 11) is 0. The zero-order valence-corrected chi connectivity index (χ0v) is 16.3. The Kier molecular flexibility index (Phi) is 4.88. The Labute approximate surface area is 172 Å². The molecule has 0 saturated heterocycles. The Morgan fingerprint density at radius 3 is 2.77 bits per heavy atom. The molecule has 2 N–H and O–H groups in total. The molecule has 4 aromatic rings. The van der Waals surface area contributed by atoms with E-state index in [0.29, 0.717) is 17.2 Å². The van der Waals surface area contributed by atoms with Crippen LogP contribution in [0.3, 0.4) is 0 Å². The number of anilines is 2. The summed E-state index contributed by atoms with van der Waals surface area (Å²) in [6.45, 7) is 0. The lowest BCUT2D eigenvalue weighted by Gasteiger charge is -2.26. The smallest absolute Gasteiger partial charge is 0.227 e. The van der Waals surface area contributed by atoms with Gasteiger partial charge in [-0.1, -0.05) is 12.1 Å². The largest absolute Gasteiger partial charge is 0.488 e. The zero-order chi connectivity index (χ0) is 20.5. The number of aliphatic hydroxyl groups is 1. The number of para-hydroxylation sites is 1. The van der Waals surface area contributed by atoms with Crippen molar-refractivity contribution in [3.05, 3.63) is 60.7 Å². The van der Waals surface area contributed by atoms with Crippen molar-refractivity contribution < 1.29 is 14.2 Å². The molecule has 6 nitrogen and oxygen atoms in total. The number of halogens is 1. The Morgan fingerprint density at radius 2 is 1.90 bits per heavy atom. The van der Waals surface area contributed by atoms with Gasteiger partial charge in [-0.25, -0.2) is 14.4 Å². The molecule has 0 aliphatic heterocycles. The molecule has 0 atom stereocenters. The predicted octanol–water partition coefficient (Wildman–Crippen LogP) is 4.74. The van der Waals surface area contributed by atoms with E-state index < -0.39 is 0 Å². The number of aliphatic hydroxyl groups excluding tert-OH is 1. The van der Waals surface area contributed by atoms with Gasteiger partial charge in [0.15, 0.2) is 0 Å². The highest BCUT2D eigenvalue weighted by atomic mass is 19.1. The van der Waals surface area contributed by atoms with Gasteiger partial charge >= 0.3 is 0 Å². The van der Waals surface area contributed by atoms with Gasteiger partial charge in [-0.05, 0) is 49.9 Å². The van der Waals surface area contributed by atoms with Gasteiger partial charge < -0.3 is 15.2 Å². The van der Waals surface area contributed by atoms with E-state index in [0.717, 1.165) is 47.7 Å². The van der Waals surface area contributed by atoms with Gasteiger partial charge in [-0.3, -0.25) is 4.98 Å². The van der Waals surface area contributed by atoms with Crippen molar-refractivity contribution in [1.82, 2.24) is 15.0 Å². The van der Waals surface area contributed by atoms with Crippen LogP contribution in [0.2, 0.25) is 0 Å². The first-order valence-corrected chi connectivity index (χ1v) is 10.1. The number of benzene rings is 2. The third kappa shape index (κ3) is 3.76. The molecule has 0 spiro atoms. The maximum absolute atomic E-state index is 13.5. The SMILES string of the molecule is O[C@H]1CC[C@@H](Oc2cccc3cnc(Nc4ccnc5cc(F)ccc45)nc23)CC1. The van der Waals surface area contributed by atoms with E-state index in [9.17, 15) is 9.50 Å². The van der Waals surface area contributed by atoms with Crippen LogP contribution < -0.4 is 10.1 Å². The van der Waals surface area contributed by atoms with Crippen molar-refractivity contribution >= 4 is 33.4 Å². The Bertz CT molecular complexity index is 1210. The van der Waals surface area contributed by atoms with Crippen LogP contribution in [0.5, 0.6) is 5.75 Å². The summed E-state index contributed by atoms with van der Waals surface area (Å²) in [5.41, 5.74) is 2.04. The highest BCUT2D eigenvalue weighted by Crippen LogP contribution is 2.30. The normalized spacial score (nSPS) is 19.1. The maximum atomic E-state index is 13.5. The molecule has 1 aliphatic rings. The minimum atomic E-state index is -0.328. The number of pyridine rings is 1. The predicted molar refractivity (Wildman–Crippen MR) is 113 cm³/mol. The quantitative estimate of drug-likeness (QED) is 0.511. The molecule has 1 aliphatic carbocycles. The Hall–Kier alpha value is -3.32. The van der Waals surface area contributed by atoms with E-state index in [2.05, 4.69) is 20.3 Å². The highest BCUT2D eigenvalue weighted by Gasteiger charge is 2.21. The first kappa shape index (κ1) is 18.7. The second kappa shape index (κ2) is 7.84. The number of ether oxygens (including phenoxy) is 1. The lowest BCUT2D eigenvalue weighted by atomic mass is 9.95. The minimum Gasteiger partial charge on any atom is -0.488 e. The number of hydrogen-bond acceptors (Lipinski definition) is 6. The van der Waals surface area contributed by atoms with Crippen LogP contribution in [0.1, 0.15) is 25.7 Å². The number of hydrogen-bond donors (Lipinski definition) is 2. The number of rotatable bonds is 4. The second-order valence-electron chi connectivity index (χ2n) is 7.58. The third-order valence-corrected chi connectivity index (χ3v) is 5.46. The molecule has 2 aromatic carbocycles. The van der Waals surface area contributed by atoms with Crippen molar-refractivity contribution in [1.29, 1.82) is 0 Å². The summed E-state index contributed by atoms with van der Waals surface area (Å²) in [6, 6.07) is 12.1. The molecule has 30 heavy (non-hydrogen) atoms. The van der Waals surface area contributed by atoms with E-state index in [1.165, 1.54) is 12.1 Å². The van der Waals surface area contributed by atoms with E-state index in [1.807, 2.05) is 24.3 Å². The lowest BCUT2D eigenvalue weighted by molar-refractivity contribution is 0.0672. The van der Waals surface area contributed by atoms with Gasteiger partial charge in [0.05, 0.1) is 23.4 Å². The molecule has 2 heterocycles. The van der Waals surface area contributed by atoms with Gasteiger partial charge in [-0.2, -0.15) is 0 Å². The topological polar surface area (TPSA) is 80.2 Å². The van der Waals surface area contributed by atoms with Crippen LogP contribution in [0.25, 0.3) is 21.8 Å². The van der Waals surface area contributed by atoms with Crippen molar-refractivity contribution in [2.24, 2.45) is 0 Å². The van der Waals surface area contributed by atoms with Crippen LogP contribution in [-0.4, -0.2) is 32.3 Å². The van der Waals surface area contributed by atoms with E-state index in [-0.39, 0.29) is 18.0 Å².